The molecule has 2 aromatic carbocycles. The maximum Gasteiger partial charge on any atom is 0.236 e. The molecular formula is C26H25FN4O2. The highest BCUT2D eigenvalue weighted by atomic mass is 19.1. The van der Waals surface area contributed by atoms with E-state index < -0.39 is 0 Å². The summed E-state index contributed by atoms with van der Waals surface area (Å²) in [5, 5.41) is 5.25. The molecule has 1 aliphatic rings. The van der Waals surface area contributed by atoms with Crippen molar-refractivity contribution in [2.45, 2.75) is 25.9 Å². The zero-order chi connectivity index (χ0) is 23.1. The van der Waals surface area contributed by atoms with E-state index in [2.05, 4.69) is 5.10 Å². The minimum absolute atomic E-state index is 0.101. The summed E-state index contributed by atoms with van der Waals surface area (Å²) in [6.07, 6.45) is 2.42. The number of pyridine rings is 1. The number of hydrogen-bond donors (Lipinski definition) is 0. The molecule has 1 amide bonds. The van der Waals surface area contributed by atoms with Crippen LogP contribution in [0.3, 0.4) is 0 Å². The lowest BCUT2D eigenvalue weighted by Crippen LogP contribution is -2.18. The Morgan fingerprint density at radius 1 is 1.12 bits per heavy atom. The molecule has 7 heteroatoms. The Balaban J connectivity index is 1.33. The highest BCUT2D eigenvalue weighted by Gasteiger charge is 2.31. The van der Waals surface area contributed by atoms with Gasteiger partial charge in [0.15, 0.2) is 0 Å². The number of carbonyl (C=O) groups is 1. The van der Waals surface area contributed by atoms with Crippen molar-refractivity contribution in [1.82, 2.24) is 19.7 Å². The molecule has 1 saturated heterocycles. The van der Waals surface area contributed by atoms with Crippen LogP contribution in [0.5, 0.6) is 5.88 Å². The van der Waals surface area contributed by atoms with Crippen LogP contribution in [-0.4, -0.2) is 39.2 Å². The first kappa shape index (κ1) is 21.1. The fourth-order valence-electron chi connectivity index (χ4n) is 4.41. The second kappa shape index (κ2) is 8.31. The smallest absolute Gasteiger partial charge is 0.236 e. The third-order valence-corrected chi connectivity index (χ3v) is 6.17. The van der Waals surface area contributed by atoms with Crippen molar-refractivity contribution in [2.75, 3.05) is 13.6 Å². The number of aryl methyl sites for hydroxylation is 2. The summed E-state index contributed by atoms with van der Waals surface area (Å²) in [5.41, 5.74) is 5.61. The lowest BCUT2D eigenvalue weighted by atomic mass is 10.0. The molecule has 2 aromatic heterocycles. The van der Waals surface area contributed by atoms with Crippen molar-refractivity contribution >= 4 is 16.8 Å². The summed E-state index contributed by atoms with van der Waals surface area (Å²) < 4.78 is 21.3. The maximum atomic E-state index is 13.5. The Bertz CT molecular complexity index is 1350. The molecule has 33 heavy (non-hydrogen) atoms. The highest BCUT2D eigenvalue weighted by molar-refractivity contribution is 5.83. The van der Waals surface area contributed by atoms with Crippen LogP contribution in [0.2, 0.25) is 0 Å². The van der Waals surface area contributed by atoms with Gasteiger partial charge in [-0.3, -0.25) is 9.48 Å². The Labute approximate surface area is 191 Å². The van der Waals surface area contributed by atoms with Crippen molar-refractivity contribution in [3.63, 3.8) is 0 Å². The second-order valence-electron chi connectivity index (χ2n) is 8.72. The van der Waals surface area contributed by atoms with E-state index in [9.17, 15) is 9.18 Å². The van der Waals surface area contributed by atoms with Crippen LogP contribution in [0.4, 0.5) is 4.39 Å². The molecule has 0 aliphatic carbocycles. The average molecular weight is 445 g/mol. The van der Waals surface area contributed by atoms with Crippen LogP contribution in [0.15, 0.2) is 54.7 Å². The first-order chi connectivity index (χ1) is 15.9. The molecule has 0 radical (unpaired) electrons. The lowest BCUT2D eigenvalue weighted by Gasteiger charge is -2.12. The predicted octanol–water partition coefficient (Wildman–Crippen LogP) is 4.61. The van der Waals surface area contributed by atoms with Gasteiger partial charge in [-0.25, -0.2) is 9.37 Å². The number of ether oxygens (including phenoxy) is 1. The van der Waals surface area contributed by atoms with E-state index in [1.807, 2.05) is 57.5 Å². The summed E-state index contributed by atoms with van der Waals surface area (Å²) in [4.78, 5) is 18.4. The molecule has 6 nitrogen and oxygen atoms in total. The number of halogens is 1. The van der Waals surface area contributed by atoms with Crippen molar-refractivity contribution in [3.8, 4) is 17.1 Å². The fraction of sp³-hybridized carbons (Fsp3) is 0.269. The summed E-state index contributed by atoms with van der Waals surface area (Å²) in [6, 6.07) is 14.7. The van der Waals surface area contributed by atoms with Crippen LogP contribution < -0.4 is 4.74 Å². The van der Waals surface area contributed by atoms with Crippen LogP contribution in [0.25, 0.3) is 22.2 Å². The zero-order valence-corrected chi connectivity index (χ0v) is 18.9. The third kappa shape index (κ3) is 4.18. The first-order valence-corrected chi connectivity index (χ1v) is 10.9. The van der Waals surface area contributed by atoms with E-state index in [1.165, 1.54) is 12.1 Å². The van der Waals surface area contributed by atoms with Gasteiger partial charge in [0.2, 0.25) is 11.8 Å². The van der Waals surface area contributed by atoms with E-state index >= 15 is 0 Å². The van der Waals surface area contributed by atoms with E-state index in [4.69, 9.17) is 9.72 Å². The molecule has 1 fully saturated rings. The molecule has 5 rings (SSSR count). The van der Waals surface area contributed by atoms with Crippen LogP contribution >= 0.6 is 0 Å². The van der Waals surface area contributed by atoms with Crippen molar-refractivity contribution in [3.05, 3.63) is 77.2 Å². The number of hydrogen-bond acceptors (Lipinski definition) is 4. The number of likely N-dealkylation sites (tertiary alicyclic amines) is 1. The Kier molecular flexibility index (Phi) is 5.32. The van der Waals surface area contributed by atoms with E-state index in [0.717, 1.165) is 38.9 Å². The molecule has 4 aromatic rings. The van der Waals surface area contributed by atoms with Crippen LogP contribution in [0, 0.1) is 12.7 Å². The molecule has 1 aliphatic heterocycles. The van der Waals surface area contributed by atoms with Gasteiger partial charge < -0.3 is 9.64 Å². The Morgan fingerprint density at radius 3 is 2.64 bits per heavy atom. The van der Waals surface area contributed by atoms with E-state index in [-0.39, 0.29) is 17.6 Å². The number of rotatable bonds is 5. The number of fused-ring (bicyclic) bond motifs is 1. The van der Waals surface area contributed by atoms with Crippen LogP contribution in [0.1, 0.15) is 29.0 Å². The summed E-state index contributed by atoms with van der Waals surface area (Å²) in [5.74, 6) is 0.564. The number of carbonyl (C=O) groups excluding carboxylic acids is 1. The fourth-order valence-corrected chi connectivity index (χ4v) is 4.41. The van der Waals surface area contributed by atoms with Crippen molar-refractivity contribution in [2.24, 2.45) is 7.05 Å². The number of nitrogens with zero attached hydrogens (tertiary/aromatic N) is 4. The molecule has 0 spiro atoms. The number of amides is 1. The Hall–Kier alpha value is -3.74. The molecule has 0 bridgehead atoms. The molecule has 1 atom stereocenters. The first-order valence-electron chi connectivity index (χ1n) is 10.9. The van der Waals surface area contributed by atoms with Crippen molar-refractivity contribution in [1.29, 1.82) is 0 Å². The minimum atomic E-state index is -0.261. The van der Waals surface area contributed by atoms with Gasteiger partial charge in [0.25, 0.3) is 0 Å². The largest absolute Gasteiger partial charge is 0.472 e. The van der Waals surface area contributed by atoms with E-state index in [0.29, 0.717) is 25.5 Å². The number of aromatic nitrogens is 3. The van der Waals surface area contributed by atoms with Gasteiger partial charge in [0.05, 0.1) is 11.2 Å². The van der Waals surface area contributed by atoms with Gasteiger partial charge in [-0.1, -0.05) is 24.3 Å². The zero-order valence-electron chi connectivity index (χ0n) is 18.9. The normalized spacial score (nSPS) is 16.1. The maximum absolute atomic E-state index is 13.5. The quantitative estimate of drug-likeness (QED) is 0.451. The Morgan fingerprint density at radius 2 is 1.91 bits per heavy atom. The van der Waals surface area contributed by atoms with Gasteiger partial charge in [-0.15, -0.1) is 5.10 Å². The topological polar surface area (TPSA) is 60.3 Å². The molecule has 0 N–H and O–H groups in total. The van der Waals surface area contributed by atoms with Gasteiger partial charge in [-0.05, 0) is 42.3 Å². The molecule has 168 valence electrons. The molecule has 0 saturated carbocycles. The monoisotopic (exact) mass is 444 g/mol. The lowest BCUT2D eigenvalue weighted by molar-refractivity contribution is -0.126. The average Bonchev–Trinajstić information content (AvgIpc) is 3.33. The minimum Gasteiger partial charge on any atom is -0.472 e. The summed E-state index contributed by atoms with van der Waals surface area (Å²) >= 11 is 0. The highest BCUT2D eigenvalue weighted by Crippen LogP contribution is 2.33. The molecule has 3 heterocycles. The standard InChI is InChI=1S/C26H25FN4O2/c1-16-10-19-11-21(27)8-9-23(19)28-25(16)18-6-4-17(5-7-18)15-33-26-22(14-31(3)29-26)20-12-24(32)30(2)13-20/h4-11,14,20H,12-13,15H2,1-3H3. The van der Waals surface area contributed by atoms with Crippen LogP contribution in [-0.2, 0) is 18.4 Å². The van der Waals surface area contributed by atoms with Gasteiger partial charge in [-0.2, -0.15) is 0 Å². The molecular weight excluding hydrogens is 419 g/mol. The van der Waals surface area contributed by atoms with Gasteiger partial charge in [0, 0.05) is 55.7 Å². The predicted molar refractivity (Wildman–Crippen MR) is 124 cm³/mol. The third-order valence-electron chi connectivity index (χ3n) is 6.17. The second-order valence-corrected chi connectivity index (χ2v) is 8.72. The molecule has 1 unspecified atom stereocenters. The number of benzene rings is 2. The van der Waals surface area contributed by atoms with Gasteiger partial charge in [0.1, 0.15) is 12.4 Å². The summed E-state index contributed by atoms with van der Waals surface area (Å²) in [6.45, 7) is 3.04. The SMILES string of the molecule is Cc1cc2cc(F)ccc2nc1-c1ccc(COc2nn(C)cc2C2CC(=O)N(C)C2)cc1. The van der Waals surface area contributed by atoms with E-state index in [1.54, 1.807) is 15.6 Å². The van der Waals surface area contributed by atoms with Gasteiger partial charge >= 0.3 is 0 Å². The summed E-state index contributed by atoms with van der Waals surface area (Å²) in [7, 11) is 3.68. The van der Waals surface area contributed by atoms with Crippen molar-refractivity contribution < 1.29 is 13.9 Å². The number of likely N-dealkylation sites (N-methyl/N-ethyl adjacent to an activating group) is 1.